The second-order valence-corrected chi connectivity index (χ2v) is 6.03. The maximum Gasteiger partial charge on any atom is 0.220 e. The van der Waals surface area contributed by atoms with Crippen LogP contribution in [-0.4, -0.2) is 0 Å². The molecule has 0 unspecified atom stereocenters. The Labute approximate surface area is 128 Å². The second kappa shape index (κ2) is 5.00. The molecule has 106 valence electrons. The molecule has 0 bridgehead atoms. The maximum atomic E-state index is 8.30. The molecular formula is C20H22N+. The van der Waals surface area contributed by atoms with Gasteiger partial charge in [-0.05, 0) is 56.3 Å². The Morgan fingerprint density at radius 1 is 0.905 bits per heavy atom. The van der Waals surface area contributed by atoms with E-state index in [-0.39, 0.29) is 0 Å². The van der Waals surface area contributed by atoms with Gasteiger partial charge in [-0.3, -0.25) is 0 Å². The van der Waals surface area contributed by atoms with Crippen LogP contribution in [0.25, 0.3) is 22.0 Å². The van der Waals surface area contributed by atoms with Gasteiger partial charge in [-0.2, -0.15) is 0 Å². The first-order valence-electron chi connectivity index (χ1n) is 7.86. The molecule has 0 atom stereocenters. The van der Waals surface area contributed by atoms with E-state index in [0.717, 1.165) is 11.1 Å². The summed E-state index contributed by atoms with van der Waals surface area (Å²) in [5.74, 6) is 0. The Morgan fingerprint density at radius 3 is 2.43 bits per heavy atom. The number of hydrogen-bond acceptors (Lipinski definition) is 0. The van der Waals surface area contributed by atoms with Crippen LogP contribution in [-0.2, 0) is 7.05 Å². The molecule has 0 saturated carbocycles. The lowest BCUT2D eigenvalue weighted by Gasteiger charge is -2.11. The third kappa shape index (κ3) is 2.33. The minimum atomic E-state index is 0.534. The molecule has 1 heteroatoms. The molecule has 1 aromatic heterocycles. The Bertz CT molecular complexity index is 894. The number of aromatic nitrogens is 1. The van der Waals surface area contributed by atoms with Crippen LogP contribution in [0.1, 0.15) is 23.6 Å². The van der Waals surface area contributed by atoms with Crippen molar-refractivity contribution in [3.8, 4) is 11.3 Å². The van der Waals surface area contributed by atoms with Crippen molar-refractivity contribution >= 4 is 10.8 Å². The molecule has 0 saturated heterocycles. The zero-order valence-electron chi connectivity index (χ0n) is 14.4. The molecule has 0 aliphatic carbocycles. The van der Waals surface area contributed by atoms with Crippen LogP contribution in [0.3, 0.4) is 0 Å². The minimum Gasteiger partial charge on any atom is -0.200 e. The van der Waals surface area contributed by atoms with Gasteiger partial charge in [-0.25, -0.2) is 4.57 Å². The summed E-state index contributed by atoms with van der Waals surface area (Å²) in [7, 11) is 1.98. The predicted molar refractivity (Wildman–Crippen MR) is 89.5 cm³/mol. The predicted octanol–water partition coefficient (Wildman–Crippen LogP) is 4.56. The lowest BCUT2D eigenvalue weighted by Crippen LogP contribution is -2.30. The summed E-state index contributed by atoms with van der Waals surface area (Å²) in [4.78, 5) is 0. The van der Waals surface area contributed by atoms with Crippen molar-refractivity contribution in [1.29, 1.82) is 0 Å². The van der Waals surface area contributed by atoms with Crippen molar-refractivity contribution in [3.63, 3.8) is 0 Å². The number of rotatable bonds is 1. The van der Waals surface area contributed by atoms with Crippen molar-refractivity contribution < 1.29 is 5.94 Å². The Morgan fingerprint density at radius 2 is 1.67 bits per heavy atom. The van der Waals surface area contributed by atoms with Gasteiger partial charge in [0, 0.05) is 6.07 Å². The largest absolute Gasteiger partial charge is 0.220 e. The van der Waals surface area contributed by atoms with Crippen LogP contribution >= 0.6 is 0 Å². The van der Waals surface area contributed by atoms with Crippen LogP contribution in [0.5, 0.6) is 0 Å². The van der Waals surface area contributed by atoms with Crippen LogP contribution < -0.4 is 4.57 Å². The van der Waals surface area contributed by atoms with Crippen molar-refractivity contribution in [2.24, 2.45) is 7.05 Å². The highest BCUT2D eigenvalue weighted by Gasteiger charge is 2.18. The van der Waals surface area contributed by atoms with Gasteiger partial charge in [0.2, 0.25) is 5.69 Å². The van der Waals surface area contributed by atoms with Crippen molar-refractivity contribution in [1.82, 2.24) is 0 Å². The monoisotopic (exact) mass is 277 g/mol. The second-order valence-electron chi connectivity index (χ2n) is 6.03. The standard InChI is InChI=1S/C20H22N/c1-13-6-7-18-17(11-13)8-9-21(5)20(18)19-12-14(2)10-15(3)16(19)4/h6-12H,1-5H3/q+1/i9D. The molecule has 0 spiro atoms. The van der Waals surface area contributed by atoms with Gasteiger partial charge in [0.25, 0.3) is 0 Å². The van der Waals surface area contributed by atoms with Gasteiger partial charge in [-0.1, -0.05) is 29.3 Å². The Balaban J connectivity index is 2.47. The quantitative estimate of drug-likeness (QED) is 0.574. The van der Waals surface area contributed by atoms with E-state index >= 15 is 0 Å². The van der Waals surface area contributed by atoms with Gasteiger partial charge in [0.1, 0.15) is 8.42 Å². The molecule has 3 rings (SSSR count). The summed E-state index contributed by atoms with van der Waals surface area (Å²) in [6.45, 7) is 8.55. The summed E-state index contributed by atoms with van der Waals surface area (Å²) in [6.07, 6.45) is 0.534. The van der Waals surface area contributed by atoms with Gasteiger partial charge in [0.05, 0.1) is 10.9 Å². The molecule has 1 nitrogen and oxygen atoms in total. The molecule has 21 heavy (non-hydrogen) atoms. The fourth-order valence-corrected chi connectivity index (χ4v) is 3.04. The molecule has 2 aromatic carbocycles. The van der Waals surface area contributed by atoms with Crippen molar-refractivity contribution in [2.75, 3.05) is 0 Å². The summed E-state index contributed by atoms with van der Waals surface area (Å²) < 4.78 is 10.3. The lowest BCUT2D eigenvalue weighted by molar-refractivity contribution is -0.659. The molecular weight excluding hydrogens is 254 g/mol. The van der Waals surface area contributed by atoms with E-state index in [1.54, 1.807) is 0 Å². The van der Waals surface area contributed by atoms with Crippen LogP contribution in [0.15, 0.2) is 42.6 Å². The number of benzene rings is 2. The van der Waals surface area contributed by atoms with Gasteiger partial charge in [-0.15, -0.1) is 0 Å². The van der Waals surface area contributed by atoms with Crippen LogP contribution in [0.4, 0.5) is 0 Å². The highest BCUT2D eigenvalue weighted by molar-refractivity contribution is 5.94. The first-order valence-corrected chi connectivity index (χ1v) is 7.36. The zero-order valence-corrected chi connectivity index (χ0v) is 13.4. The zero-order chi connectivity index (χ0) is 16.0. The highest BCUT2D eigenvalue weighted by atomic mass is 14.9. The molecule has 0 radical (unpaired) electrons. The number of fused-ring (bicyclic) bond motifs is 1. The van der Waals surface area contributed by atoms with E-state index < -0.39 is 0 Å². The van der Waals surface area contributed by atoms with E-state index in [4.69, 9.17) is 1.37 Å². The van der Waals surface area contributed by atoms with Crippen LogP contribution in [0, 0.1) is 27.7 Å². The third-order valence-electron chi connectivity index (χ3n) is 4.28. The van der Waals surface area contributed by atoms with Crippen LogP contribution in [0.2, 0.25) is 0 Å². The molecule has 0 N–H and O–H groups in total. The van der Waals surface area contributed by atoms with Gasteiger partial charge < -0.3 is 0 Å². The fraction of sp³-hybridized carbons (Fsp3) is 0.250. The third-order valence-corrected chi connectivity index (χ3v) is 4.28. The average molecular weight is 277 g/mol. The fourth-order valence-electron chi connectivity index (χ4n) is 3.04. The first-order chi connectivity index (χ1) is 10.4. The highest BCUT2D eigenvalue weighted by Crippen LogP contribution is 2.30. The van der Waals surface area contributed by atoms with Crippen molar-refractivity contribution in [3.05, 3.63) is 64.8 Å². The molecule has 3 aromatic rings. The van der Waals surface area contributed by atoms with Crippen molar-refractivity contribution in [2.45, 2.75) is 27.7 Å². The number of aryl methyl sites for hydroxylation is 3. The molecule has 1 heterocycles. The Kier molecular flexibility index (Phi) is 2.99. The van der Waals surface area contributed by atoms with E-state index in [1.807, 2.05) is 17.7 Å². The SMILES string of the molecule is [2H]c1cc2cc(C)ccc2c(-c2cc(C)cc(C)c2C)[n+]1C. The number of nitrogens with zero attached hydrogens (tertiary/aromatic N) is 1. The summed E-state index contributed by atoms with van der Waals surface area (Å²) in [5.41, 5.74) is 7.42. The smallest absolute Gasteiger partial charge is 0.200 e. The molecule has 0 aliphatic heterocycles. The summed E-state index contributed by atoms with van der Waals surface area (Å²) >= 11 is 0. The van der Waals surface area contributed by atoms with E-state index in [1.165, 1.54) is 33.2 Å². The maximum absolute atomic E-state index is 8.30. The van der Waals surface area contributed by atoms with E-state index in [0.29, 0.717) is 6.17 Å². The summed E-state index contributed by atoms with van der Waals surface area (Å²) in [6, 6.07) is 12.9. The minimum absolute atomic E-state index is 0.534. The van der Waals surface area contributed by atoms with Gasteiger partial charge in [0.15, 0.2) is 6.17 Å². The molecule has 0 fully saturated rings. The van der Waals surface area contributed by atoms with Gasteiger partial charge >= 0.3 is 0 Å². The first kappa shape index (κ1) is 12.6. The average Bonchev–Trinajstić information content (AvgIpc) is 2.45. The van der Waals surface area contributed by atoms with E-state index in [9.17, 15) is 0 Å². The summed E-state index contributed by atoms with van der Waals surface area (Å²) in [5, 5.41) is 2.34. The number of pyridine rings is 1. The normalized spacial score (nSPS) is 11.8. The molecule has 0 amide bonds. The Hall–Kier alpha value is -2.15. The topological polar surface area (TPSA) is 3.88 Å². The van der Waals surface area contributed by atoms with E-state index in [2.05, 4.69) is 58.0 Å². The molecule has 0 aliphatic rings. The number of hydrogen-bond donors (Lipinski definition) is 0. The lowest BCUT2D eigenvalue weighted by atomic mass is 9.94.